The summed E-state index contributed by atoms with van der Waals surface area (Å²) in [5.74, 6) is 0.380. The summed E-state index contributed by atoms with van der Waals surface area (Å²) in [6, 6.07) is 7.27. The summed E-state index contributed by atoms with van der Waals surface area (Å²) in [5.41, 5.74) is 6.49. The van der Waals surface area contributed by atoms with Gasteiger partial charge < -0.3 is 24.9 Å². The van der Waals surface area contributed by atoms with E-state index in [2.05, 4.69) is 9.97 Å². The number of ether oxygens (including phenoxy) is 3. The Morgan fingerprint density at radius 3 is 2.92 bits per heavy atom. The fourth-order valence-corrected chi connectivity index (χ4v) is 2.82. The molecule has 0 unspecified atom stereocenters. The van der Waals surface area contributed by atoms with Crippen LogP contribution in [0.4, 0.5) is 0 Å². The number of rotatable bonds is 5. The number of nitrogens with zero attached hydrogens (tertiary/aromatic N) is 2. The second-order valence-corrected chi connectivity index (χ2v) is 5.63. The molecule has 0 saturated heterocycles. The predicted octanol–water partition coefficient (Wildman–Crippen LogP) is 1.79. The Labute approximate surface area is 149 Å². The van der Waals surface area contributed by atoms with E-state index < -0.39 is 11.5 Å². The van der Waals surface area contributed by atoms with E-state index in [4.69, 9.17) is 19.9 Å². The average Bonchev–Trinajstić information content (AvgIpc) is 2.65. The van der Waals surface area contributed by atoms with Crippen molar-refractivity contribution in [3.63, 3.8) is 0 Å². The lowest BCUT2D eigenvalue weighted by molar-refractivity contribution is 0.294. The van der Waals surface area contributed by atoms with Crippen molar-refractivity contribution >= 4 is 0 Å². The van der Waals surface area contributed by atoms with Crippen LogP contribution in [0.5, 0.6) is 17.4 Å². The number of methoxy groups -OCH3 is 1. The number of nitrogens with one attached hydrogen (secondary N) is 1. The minimum Gasteiger partial charge on any atom is -0.493 e. The van der Waals surface area contributed by atoms with E-state index in [9.17, 15) is 10.1 Å². The molecule has 1 aromatic carbocycles. The number of benzene rings is 1. The van der Waals surface area contributed by atoms with Crippen molar-refractivity contribution in [2.75, 3.05) is 13.7 Å². The van der Waals surface area contributed by atoms with Crippen LogP contribution in [0.15, 0.2) is 40.8 Å². The van der Waals surface area contributed by atoms with Gasteiger partial charge in [0.1, 0.15) is 11.6 Å². The first-order valence-electron chi connectivity index (χ1n) is 8.06. The van der Waals surface area contributed by atoms with Gasteiger partial charge in [-0.1, -0.05) is 13.0 Å². The molecule has 0 fully saturated rings. The molecule has 134 valence electrons. The average molecular weight is 354 g/mol. The molecule has 1 aromatic heterocycles. The van der Waals surface area contributed by atoms with Crippen molar-refractivity contribution in [1.82, 2.24) is 9.97 Å². The van der Waals surface area contributed by atoms with Gasteiger partial charge in [-0.05, 0) is 24.1 Å². The number of nitrogens with two attached hydrogens (primary N) is 1. The molecular weight excluding hydrogens is 336 g/mol. The van der Waals surface area contributed by atoms with E-state index in [1.54, 1.807) is 18.2 Å². The Kier molecular flexibility index (Phi) is 4.80. The molecule has 1 aliphatic rings. The van der Waals surface area contributed by atoms with Crippen molar-refractivity contribution < 1.29 is 14.2 Å². The zero-order valence-corrected chi connectivity index (χ0v) is 14.4. The molecule has 1 atom stereocenters. The summed E-state index contributed by atoms with van der Waals surface area (Å²) in [4.78, 5) is 18.9. The summed E-state index contributed by atoms with van der Waals surface area (Å²) in [5, 5.41) is 9.55. The Morgan fingerprint density at radius 1 is 1.42 bits per heavy atom. The number of hydrogen-bond donors (Lipinski definition) is 2. The molecule has 3 N–H and O–H groups in total. The van der Waals surface area contributed by atoms with E-state index in [-0.39, 0.29) is 22.9 Å². The molecule has 0 bridgehead atoms. The highest BCUT2D eigenvalue weighted by molar-refractivity contribution is 5.55. The molecular formula is C18H18N4O4. The molecule has 8 heteroatoms. The number of H-pyrrole nitrogens is 1. The quantitative estimate of drug-likeness (QED) is 0.839. The summed E-state index contributed by atoms with van der Waals surface area (Å²) in [7, 11) is 1.53. The molecule has 26 heavy (non-hydrogen) atoms. The maximum atomic E-state index is 12.4. The highest BCUT2D eigenvalue weighted by atomic mass is 16.5. The fraction of sp³-hybridized carbons (Fsp3) is 0.278. The molecule has 0 aliphatic carbocycles. The van der Waals surface area contributed by atoms with Crippen LogP contribution in [-0.2, 0) is 0 Å². The number of nitriles is 1. The molecule has 2 heterocycles. The number of aromatic amines is 1. The van der Waals surface area contributed by atoms with Crippen molar-refractivity contribution in [3.8, 4) is 23.4 Å². The van der Waals surface area contributed by atoms with Crippen LogP contribution in [0.25, 0.3) is 0 Å². The van der Waals surface area contributed by atoms with Crippen molar-refractivity contribution in [1.29, 1.82) is 5.26 Å². The second-order valence-electron chi connectivity index (χ2n) is 5.63. The zero-order chi connectivity index (χ0) is 18.7. The normalized spacial score (nSPS) is 15.7. The van der Waals surface area contributed by atoms with Crippen LogP contribution in [0.3, 0.4) is 0 Å². The Hall–Kier alpha value is -3.47. The van der Waals surface area contributed by atoms with Gasteiger partial charge in [-0.3, -0.25) is 4.79 Å². The molecule has 0 saturated carbocycles. The smallest absolute Gasteiger partial charge is 0.258 e. The second kappa shape index (κ2) is 7.19. The first-order valence-corrected chi connectivity index (χ1v) is 8.06. The van der Waals surface area contributed by atoms with E-state index in [1.807, 2.05) is 13.0 Å². The molecule has 2 aromatic rings. The van der Waals surface area contributed by atoms with Crippen LogP contribution >= 0.6 is 0 Å². The first-order chi connectivity index (χ1) is 12.6. The van der Waals surface area contributed by atoms with Gasteiger partial charge in [0.25, 0.3) is 5.56 Å². The van der Waals surface area contributed by atoms with Gasteiger partial charge in [0.15, 0.2) is 11.5 Å². The Bertz CT molecular complexity index is 958. The molecule has 8 nitrogen and oxygen atoms in total. The molecule has 0 radical (unpaired) electrons. The summed E-state index contributed by atoms with van der Waals surface area (Å²) in [6.45, 7) is 2.56. The van der Waals surface area contributed by atoms with Gasteiger partial charge in [-0.25, -0.2) is 4.98 Å². The van der Waals surface area contributed by atoms with Gasteiger partial charge in [-0.2, -0.15) is 5.26 Å². The minimum absolute atomic E-state index is 0.0756. The Morgan fingerprint density at radius 2 is 2.23 bits per heavy atom. The minimum atomic E-state index is -0.713. The lowest BCUT2D eigenvalue weighted by Gasteiger charge is -2.25. The van der Waals surface area contributed by atoms with E-state index in [0.29, 0.717) is 23.7 Å². The number of aromatic nitrogens is 2. The first kappa shape index (κ1) is 17.4. The van der Waals surface area contributed by atoms with Gasteiger partial charge >= 0.3 is 0 Å². The Balaban J connectivity index is 2.16. The maximum Gasteiger partial charge on any atom is 0.258 e. The standard InChI is InChI=1S/C18H18N4O4/c1-3-6-25-12-5-4-10(7-13(12)24-2)14-11(8-19)16(20)26-18-15(14)17(23)21-9-22-18/h4-5,7,9,14H,3,6,20H2,1-2H3,(H,21,22,23)/t14-/m0/s1. The van der Waals surface area contributed by atoms with Crippen LogP contribution in [0.1, 0.15) is 30.4 Å². The predicted molar refractivity (Wildman–Crippen MR) is 92.9 cm³/mol. The van der Waals surface area contributed by atoms with Crippen LogP contribution in [0.2, 0.25) is 0 Å². The van der Waals surface area contributed by atoms with Crippen LogP contribution < -0.4 is 25.5 Å². The van der Waals surface area contributed by atoms with E-state index in [0.717, 1.165) is 6.42 Å². The summed E-state index contributed by atoms with van der Waals surface area (Å²) < 4.78 is 16.4. The third kappa shape index (κ3) is 2.95. The van der Waals surface area contributed by atoms with Crippen LogP contribution in [-0.4, -0.2) is 23.7 Å². The molecule has 1 aliphatic heterocycles. The third-order valence-corrected chi connectivity index (χ3v) is 4.01. The highest BCUT2D eigenvalue weighted by Crippen LogP contribution is 2.41. The lowest BCUT2D eigenvalue weighted by Crippen LogP contribution is -2.28. The largest absolute Gasteiger partial charge is 0.493 e. The van der Waals surface area contributed by atoms with Crippen molar-refractivity contribution in [3.05, 3.63) is 57.5 Å². The van der Waals surface area contributed by atoms with Gasteiger partial charge in [0, 0.05) is 0 Å². The molecule has 0 spiro atoms. The topological polar surface area (TPSA) is 123 Å². The van der Waals surface area contributed by atoms with Gasteiger partial charge in [-0.15, -0.1) is 0 Å². The van der Waals surface area contributed by atoms with E-state index in [1.165, 1.54) is 13.4 Å². The number of hydrogen-bond acceptors (Lipinski definition) is 7. The third-order valence-electron chi connectivity index (χ3n) is 4.01. The number of allylic oxidation sites excluding steroid dienone is 1. The van der Waals surface area contributed by atoms with Gasteiger partial charge in [0.2, 0.25) is 11.8 Å². The zero-order valence-electron chi connectivity index (χ0n) is 14.4. The van der Waals surface area contributed by atoms with Gasteiger partial charge in [0.05, 0.1) is 31.5 Å². The SMILES string of the molecule is CCCOc1ccc([C@H]2C(C#N)=C(N)Oc3nc[nH]c(=O)c32)cc1OC. The van der Waals surface area contributed by atoms with E-state index >= 15 is 0 Å². The fourth-order valence-electron chi connectivity index (χ4n) is 2.82. The monoisotopic (exact) mass is 354 g/mol. The van der Waals surface area contributed by atoms with Crippen molar-refractivity contribution in [2.45, 2.75) is 19.3 Å². The molecule has 0 amide bonds. The van der Waals surface area contributed by atoms with Crippen LogP contribution in [0, 0.1) is 11.3 Å². The summed E-state index contributed by atoms with van der Waals surface area (Å²) in [6.07, 6.45) is 2.09. The van der Waals surface area contributed by atoms with Crippen molar-refractivity contribution in [2.24, 2.45) is 5.73 Å². The summed E-state index contributed by atoms with van der Waals surface area (Å²) >= 11 is 0. The maximum absolute atomic E-state index is 12.4. The highest BCUT2D eigenvalue weighted by Gasteiger charge is 2.34. The molecule has 3 rings (SSSR count). The number of fused-ring (bicyclic) bond motifs is 1. The lowest BCUT2D eigenvalue weighted by atomic mass is 9.85.